The third-order valence-corrected chi connectivity index (χ3v) is 3.69. The molecule has 2 rings (SSSR count). The molecule has 0 aliphatic heterocycles. The predicted molar refractivity (Wildman–Crippen MR) is 70.0 cm³/mol. The van der Waals surface area contributed by atoms with Crippen LogP contribution in [-0.4, -0.2) is 12.6 Å². The van der Waals surface area contributed by atoms with E-state index in [1.807, 2.05) is 0 Å². The highest BCUT2D eigenvalue weighted by molar-refractivity contribution is 5.35. The summed E-state index contributed by atoms with van der Waals surface area (Å²) in [4.78, 5) is 0. The van der Waals surface area contributed by atoms with Gasteiger partial charge < -0.3 is 5.32 Å². The van der Waals surface area contributed by atoms with Gasteiger partial charge in [0.15, 0.2) is 0 Å². The lowest BCUT2D eigenvalue weighted by molar-refractivity contribution is 0.454. The molecule has 1 N–H and O–H groups in total. The maximum atomic E-state index is 3.57. The maximum absolute atomic E-state index is 3.57. The zero-order chi connectivity index (χ0) is 11.5. The Morgan fingerprint density at radius 1 is 1.19 bits per heavy atom. The molecule has 1 heteroatoms. The molecule has 0 saturated heterocycles. The molecule has 0 bridgehead atoms. The summed E-state index contributed by atoms with van der Waals surface area (Å²) < 4.78 is 0. The first-order valence-corrected chi connectivity index (χ1v) is 6.50. The molecule has 0 fully saturated rings. The van der Waals surface area contributed by atoms with Gasteiger partial charge in [-0.3, -0.25) is 0 Å². The second-order valence-electron chi connectivity index (χ2n) is 5.37. The minimum Gasteiger partial charge on any atom is -0.314 e. The molecular weight excluding hydrogens is 194 g/mol. The van der Waals surface area contributed by atoms with E-state index in [0.29, 0.717) is 6.04 Å². The number of hydrogen-bond acceptors (Lipinski definition) is 1. The lowest BCUT2D eigenvalue weighted by atomic mass is 9.77. The van der Waals surface area contributed by atoms with E-state index in [2.05, 4.69) is 50.4 Å². The maximum Gasteiger partial charge on any atom is 0.00226 e. The minimum atomic E-state index is 0.589. The Kier molecular flexibility index (Phi) is 3.65. The van der Waals surface area contributed by atoms with Crippen molar-refractivity contribution in [3.8, 4) is 0 Å². The molecule has 1 aromatic rings. The van der Waals surface area contributed by atoms with E-state index in [4.69, 9.17) is 0 Å². The summed E-state index contributed by atoms with van der Waals surface area (Å²) in [6.45, 7) is 7.92. The van der Waals surface area contributed by atoms with Crippen molar-refractivity contribution in [1.82, 2.24) is 5.32 Å². The van der Waals surface area contributed by atoms with Gasteiger partial charge in [-0.2, -0.15) is 0 Å². The van der Waals surface area contributed by atoms with Crippen LogP contribution in [0.15, 0.2) is 24.3 Å². The summed E-state index contributed by atoms with van der Waals surface area (Å²) in [5.41, 5.74) is 3.15. The van der Waals surface area contributed by atoms with E-state index in [9.17, 15) is 0 Å². The van der Waals surface area contributed by atoms with Crippen LogP contribution in [0, 0.1) is 0 Å². The fraction of sp³-hybridized carbons (Fsp3) is 0.600. The van der Waals surface area contributed by atoms with Crippen molar-refractivity contribution in [2.24, 2.45) is 0 Å². The minimum absolute atomic E-state index is 0.589. The first-order chi connectivity index (χ1) is 7.68. The van der Waals surface area contributed by atoms with Gasteiger partial charge in [-0.25, -0.2) is 0 Å². The lowest BCUT2D eigenvalue weighted by Crippen LogP contribution is -2.30. The van der Waals surface area contributed by atoms with Crippen LogP contribution in [0.4, 0.5) is 0 Å². The fourth-order valence-corrected chi connectivity index (χ4v) is 2.68. The van der Waals surface area contributed by atoms with Crippen LogP contribution in [0.2, 0.25) is 0 Å². The molecular formula is C15H23N. The van der Waals surface area contributed by atoms with E-state index in [1.54, 1.807) is 11.1 Å². The van der Waals surface area contributed by atoms with Crippen LogP contribution in [0.5, 0.6) is 0 Å². The molecule has 0 amide bonds. The van der Waals surface area contributed by atoms with Gasteiger partial charge in [0.25, 0.3) is 0 Å². The summed E-state index contributed by atoms with van der Waals surface area (Å²) in [5.74, 6) is 1.46. The zero-order valence-corrected chi connectivity index (χ0v) is 10.7. The Morgan fingerprint density at radius 3 is 2.56 bits per heavy atom. The number of nitrogens with one attached hydrogen (secondary N) is 1. The fourth-order valence-electron chi connectivity index (χ4n) is 2.68. The Bertz CT molecular complexity index is 343. The highest BCUT2D eigenvalue weighted by Gasteiger charge is 2.23. The second-order valence-corrected chi connectivity index (χ2v) is 5.37. The van der Waals surface area contributed by atoms with Crippen LogP contribution in [0.1, 0.15) is 56.6 Å². The number of rotatable bonds is 3. The average Bonchev–Trinajstić information content (AvgIpc) is 2.28. The summed E-state index contributed by atoms with van der Waals surface area (Å²) in [6, 6.07) is 9.57. The number of hydrogen-bond donors (Lipinski definition) is 1. The van der Waals surface area contributed by atoms with Crippen molar-refractivity contribution >= 4 is 0 Å². The van der Waals surface area contributed by atoms with Crippen molar-refractivity contribution in [2.45, 2.75) is 51.5 Å². The van der Waals surface area contributed by atoms with Crippen molar-refractivity contribution < 1.29 is 0 Å². The standard InChI is InChI=1S/C15H23N/c1-11(2)16-10-13-9-8-12(3)14-6-4-5-7-15(13)14/h4-7,11-13,16H,8-10H2,1-3H3. The van der Waals surface area contributed by atoms with E-state index in [0.717, 1.165) is 18.4 Å². The lowest BCUT2D eigenvalue weighted by Gasteiger charge is -2.30. The molecule has 88 valence electrons. The number of fused-ring (bicyclic) bond motifs is 1. The van der Waals surface area contributed by atoms with E-state index >= 15 is 0 Å². The van der Waals surface area contributed by atoms with Gasteiger partial charge in [-0.1, -0.05) is 45.0 Å². The third-order valence-electron chi connectivity index (χ3n) is 3.69. The monoisotopic (exact) mass is 217 g/mol. The van der Waals surface area contributed by atoms with Crippen LogP contribution >= 0.6 is 0 Å². The van der Waals surface area contributed by atoms with Crippen LogP contribution in [0.25, 0.3) is 0 Å². The molecule has 0 spiro atoms. The summed E-state index contributed by atoms with van der Waals surface area (Å²) in [5, 5.41) is 3.57. The quantitative estimate of drug-likeness (QED) is 0.814. The van der Waals surface area contributed by atoms with Gasteiger partial charge in [0, 0.05) is 12.6 Å². The largest absolute Gasteiger partial charge is 0.314 e. The summed E-state index contributed by atoms with van der Waals surface area (Å²) >= 11 is 0. The van der Waals surface area contributed by atoms with Crippen molar-refractivity contribution in [3.05, 3.63) is 35.4 Å². The second kappa shape index (κ2) is 5.01. The molecule has 16 heavy (non-hydrogen) atoms. The Morgan fingerprint density at radius 2 is 1.88 bits per heavy atom. The zero-order valence-electron chi connectivity index (χ0n) is 10.7. The van der Waals surface area contributed by atoms with Crippen LogP contribution in [-0.2, 0) is 0 Å². The first-order valence-electron chi connectivity index (χ1n) is 6.50. The van der Waals surface area contributed by atoms with Crippen molar-refractivity contribution in [2.75, 3.05) is 6.54 Å². The normalized spacial score (nSPS) is 24.5. The van der Waals surface area contributed by atoms with Gasteiger partial charge in [0.2, 0.25) is 0 Å². The first kappa shape index (κ1) is 11.7. The van der Waals surface area contributed by atoms with E-state index in [1.165, 1.54) is 12.8 Å². The summed E-state index contributed by atoms with van der Waals surface area (Å²) in [6.07, 6.45) is 2.67. The molecule has 0 heterocycles. The third kappa shape index (κ3) is 2.46. The van der Waals surface area contributed by atoms with Crippen molar-refractivity contribution in [1.29, 1.82) is 0 Å². The van der Waals surface area contributed by atoms with E-state index < -0.39 is 0 Å². The van der Waals surface area contributed by atoms with Crippen LogP contribution in [0.3, 0.4) is 0 Å². The number of benzene rings is 1. The van der Waals surface area contributed by atoms with Gasteiger partial charge in [0.1, 0.15) is 0 Å². The summed E-state index contributed by atoms with van der Waals surface area (Å²) in [7, 11) is 0. The molecule has 2 atom stereocenters. The average molecular weight is 217 g/mol. The molecule has 1 aromatic carbocycles. The smallest absolute Gasteiger partial charge is 0.00226 e. The molecule has 2 unspecified atom stereocenters. The van der Waals surface area contributed by atoms with Gasteiger partial charge >= 0.3 is 0 Å². The van der Waals surface area contributed by atoms with Crippen LogP contribution < -0.4 is 5.32 Å². The molecule has 1 aliphatic carbocycles. The van der Waals surface area contributed by atoms with Crippen molar-refractivity contribution in [3.63, 3.8) is 0 Å². The highest BCUT2D eigenvalue weighted by Crippen LogP contribution is 2.37. The van der Waals surface area contributed by atoms with Gasteiger partial charge in [0.05, 0.1) is 0 Å². The molecule has 1 nitrogen and oxygen atoms in total. The topological polar surface area (TPSA) is 12.0 Å². The van der Waals surface area contributed by atoms with E-state index in [-0.39, 0.29) is 0 Å². The molecule has 0 aromatic heterocycles. The SMILES string of the molecule is CC(C)NCC1CCC(C)c2ccccc21. The Labute approximate surface area is 99.3 Å². The van der Waals surface area contributed by atoms with Gasteiger partial charge in [-0.15, -0.1) is 0 Å². The molecule has 1 aliphatic rings. The highest BCUT2D eigenvalue weighted by atomic mass is 14.9. The molecule has 0 radical (unpaired) electrons. The Balaban J connectivity index is 2.15. The molecule has 0 saturated carbocycles. The van der Waals surface area contributed by atoms with Gasteiger partial charge in [-0.05, 0) is 35.8 Å². The predicted octanol–water partition coefficient (Wildman–Crippen LogP) is 3.67. The Hall–Kier alpha value is -0.820.